The number of halogens is 19. The number of rotatable bonds is 10. The zero-order valence-electron chi connectivity index (χ0n) is 15.4. The molecule has 0 saturated heterocycles. The van der Waals surface area contributed by atoms with Crippen LogP contribution in [0.1, 0.15) is 0 Å². The monoisotopic (exact) mass is 602 g/mol. The van der Waals surface area contributed by atoms with Crippen LogP contribution in [0, 0.1) is 0 Å². The Labute approximate surface area is 201 Å². The van der Waals surface area contributed by atoms with Gasteiger partial charge >= 0.3 is 83.1 Å². The number of hydrogen-bond acceptors (Lipinski definition) is 4. The SMILES string of the molecule is O=S(=O)([O-])OCC(F)(F)C(F)(F)C(F)(F)C(F)(F)C(F)(F)C(F)(F)C(F)(F)C(F)(F)C(F)(F)F.[Na+]. The molecule has 0 amide bonds. The van der Waals surface area contributed by atoms with Crippen molar-refractivity contribution < 1.29 is 130 Å². The fraction of sp³-hybridized carbons (Fsp3) is 1.00. The second-order valence-corrected chi connectivity index (χ2v) is 6.95. The van der Waals surface area contributed by atoms with Gasteiger partial charge in [-0.3, -0.25) is 4.18 Å². The first-order valence-electron chi connectivity index (χ1n) is 6.90. The summed E-state index contributed by atoms with van der Waals surface area (Å²) in [5.41, 5.74) is 0. The van der Waals surface area contributed by atoms with Crippen molar-refractivity contribution in [1.29, 1.82) is 0 Å². The summed E-state index contributed by atoms with van der Waals surface area (Å²) in [5.74, 6) is -68.6. The predicted molar refractivity (Wildman–Crippen MR) is 61.3 cm³/mol. The molecule has 0 N–H and O–H groups in total. The third-order valence-corrected chi connectivity index (χ3v) is 3.97. The van der Waals surface area contributed by atoms with E-state index in [2.05, 4.69) is 4.18 Å². The molecule has 0 aliphatic rings. The van der Waals surface area contributed by atoms with Gasteiger partial charge in [0, 0.05) is 0 Å². The van der Waals surface area contributed by atoms with Crippen LogP contribution >= 0.6 is 0 Å². The summed E-state index contributed by atoms with van der Waals surface area (Å²) in [6, 6.07) is 0. The minimum atomic E-state index is -9.09. The molecule has 0 spiro atoms. The molecule has 0 aromatic heterocycles. The van der Waals surface area contributed by atoms with Gasteiger partial charge in [0.1, 0.15) is 6.61 Å². The van der Waals surface area contributed by atoms with Gasteiger partial charge in [0.2, 0.25) is 10.4 Å². The Morgan fingerprint density at radius 2 is 0.714 bits per heavy atom. The first-order chi connectivity index (χ1) is 14.2. The van der Waals surface area contributed by atoms with Crippen LogP contribution in [-0.2, 0) is 14.6 Å². The standard InChI is InChI=1S/C10H3F19O4S.Na/c11-2(12,1-33-34(30,31)32)3(13,14)4(15,16)5(17,18)6(19,20)7(21,22)8(23,24)9(25,26)10(27,28)29;/h1H2,(H,30,31,32);/q;+1/p-1. The van der Waals surface area contributed by atoms with Crippen LogP contribution in [0.4, 0.5) is 83.4 Å². The maximum Gasteiger partial charge on any atom is 1.00 e. The fourth-order valence-corrected chi connectivity index (χ4v) is 1.92. The normalized spacial score (nSPS) is 16.2. The molecule has 0 aromatic carbocycles. The van der Waals surface area contributed by atoms with Gasteiger partial charge in [0.05, 0.1) is 0 Å². The zero-order valence-corrected chi connectivity index (χ0v) is 18.2. The molecule has 0 saturated carbocycles. The topological polar surface area (TPSA) is 66.4 Å². The molecule has 0 aliphatic carbocycles. The Morgan fingerprint density at radius 3 is 0.943 bits per heavy atom. The largest absolute Gasteiger partial charge is 1.00 e. The van der Waals surface area contributed by atoms with Crippen molar-refractivity contribution in [3.63, 3.8) is 0 Å². The molecule has 0 atom stereocenters. The molecule has 0 fully saturated rings. The van der Waals surface area contributed by atoms with Crippen molar-refractivity contribution in [3.8, 4) is 0 Å². The van der Waals surface area contributed by atoms with Gasteiger partial charge < -0.3 is 4.55 Å². The van der Waals surface area contributed by atoms with Gasteiger partial charge in [-0.15, -0.1) is 0 Å². The first kappa shape index (κ1) is 36.7. The summed E-state index contributed by atoms with van der Waals surface area (Å²) in [5, 5.41) is 0. The van der Waals surface area contributed by atoms with E-state index in [1.807, 2.05) is 0 Å². The van der Waals surface area contributed by atoms with Crippen LogP contribution in [0.3, 0.4) is 0 Å². The third kappa shape index (κ3) is 5.41. The van der Waals surface area contributed by atoms with Gasteiger partial charge in [-0.1, -0.05) is 0 Å². The van der Waals surface area contributed by atoms with Crippen molar-refractivity contribution in [3.05, 3.63) is 0 Å². The summed E-state index contributed by atoms with van der Waals surface area (Å²) >= 11 is 0. The Kier molecular flexibility index (Phi) is 9.83. The van der Waals surface area contributed by atoms with E-state index in [1.54, 1.807) is 0 Å². The smallest absolute Gasteiger partial charge is 0.726 e. The fourth-order valence-electron chi connectivity index (χ4n) is 1.63. The van der Waals surface area contributed by atoms with E-state index in [0.29, 0.717) is 0 Å². The molecular weight excluding hydrogens is 600 g/mol. The van der Waals surface area contributed by atoms with Crippen LogP contribution in [-0.4, -0.2) is 73.1 Å². The van der Waals surface area contributed by atoms with Crippen molar-refractivity contribution in [1.82, 2.24) is 0 Å². The molecule has 0 radical (unpaired) electrons. The van der Waals surface area contributed by atoms with Crippen LogP contribution in [0.15, 0.2) is 0 Å². The minimum Gasteiger partial charge on any atom is -0.726 e. The van der Waals surface area contributed by atoms with Crippen molar-refractivity contribution in [2.24, 2.45) is 0 Å². The zero-order chi connectivity index (χ0) is 28.4. The Balaban J connectivity index is 0. The molecule has 0 bridgehead atoms. The molecule has 0 rings (SSSR count). The Morgan fingerprint density at radius 1 is 0.486 bits per heavy atom. The van der Waals surface area contributed by atoms with Crippen LogP contribution < -0.4 is 29.6 Å². The summed E-state index contributed by atoms with van der Waals surface area (Å²) < 4.78 is 277. The van der Waals surface area contributed by atoms with Crippen molar-refractivity contribution in [2.75, 3.05) is 6.61 Å². The van der Waals surface area contributed by atoms with Crippen LogP contribution in [0.2, 0.25) is 0 Å². The molecule has 206 valence electrons. The quantitative estimate of drug-likeness (QED) is 0.167. The Hall–Kier alpha value is -0.460. The van der Waals surface area contributed by atoms with Gasteiger partial charge in [0.25, 0.3) is 0 Å². The van der Waals surface area contributed by atoms with E-state index in [-0.39, 0.29) is 29.6 Å². The van der Waals surface area contributed by atoms with E-state index < -0.39 is 70.6 Å². The van der Waals surface area contributed by atoms with Crippen molar-refractivity contribution >= 4 is 10.4 Å². The molecule has 4 nitrogen and oxygen atoms in total. The van der Waals surface area contributed by atoms with Crippen LogP contribution in [0.5, 0.6) is 0 Å². The molecule has 25 heteroatoms. The van der Waals surface area contributed by atoms with E-state index in [0.717, 1.165) is 0 Å². The van der Waals surface area contributed by atoms with Gasteiger partial charge in [-0.2, -0.15) is 83.4 Å². The average Bonchev–Trinajstić information content (AvgIpc) is 2.57. The van der Waals surface area contributed by atoms with Gasteiger partial charge in [-0.05, 0) is 0 Å². The number of alkyl halides is 19. The second-order valence-electron chi connectivity index (χ2n) is 5.89. The summed E-state index contributed by atoms with van der Waals surface area (Å²) in [7, 11) is -6.55. The molecule has 0 aromatic rings. The summed E-state index contributed by atoms with van der Waals surface area (Å²) in [4.78, 5) is 0. The third-order valence-electron chi connectivity index (χ3n) is 3.57. The number of hydrogen-bond donors (Lipinski definition) is 0. The molecule has 0 unspecified atom stereocenters. The molecular formula is C10H2F19NaO4S. The first-order valence-corrected chi connectivity index (χ1v) is 8.23. The van der Waals surface area contributed by atoms with Gasteiger partial charge in [-0.25, -0.2) is 8.42 Å². The van der Waals surface area contributed by atoms with Gasteiger partial charge in [0.15, 0.2) is 0 Å². The molecule has 35 heavy (non-hydrogen) atoms. The molecule has 0 aliphatic heterocycles. The summed E-state index contributed by atoms with van der Waals surface area (Å²) in [6.45, 7) is -3.89. The maximum atomic E-state index is 13.3. The maximum absolute atomic E-state index is 13.3. The van der Waals surface area contributed by atoms with E-state index in [9.17, 15) is 96.4 Å². The van der Waals surface area contributed by atoms with Crippen molar-refractivity contribution in [2.45, 2.75) is 53.6 Å². The Bertz CT molecular complexity index is 863. The van der Waals surface area contributed by atoms with E-state index in [4.69, 9.17) is 0 Å². The summed E-state index contributed by atoms with van der Waals surface area (Å²) in [6.07, 6.45) is -7.98. The minimum absolute atomic E-state index is 0. The predicted octanol–water partition coefficient (Wildman–Crippen LogP) is 2.11. The van der Waals surface area contributed by atoms with E-state index >= 15 is 0 Å². The van der Waals surface area contributed by atoms with Crippen LogP contribution in [0.25, 0.3) is 0 Å². The average molecular weight is 602 g/mol. The van der Waals surface area contributed by atoms with E-state index in [1.165, 1.54) is 0 Å². The molecule has 0 heterocycles. The second kappa shape index (κ2) is 9.38.